The summed E-state index contributed by atoms with van der Waals surface area (Å²) < 4.78 is 10.6. The molecule has 0 aliphatic rings. The van der Waals surface area contributed by atoms with Crippen molar-refractivity contribution in [2.24, 2.45) is 4.99 Å². The van der Waals surface area contributed by atoms with Gasteiger partial charge >= 0.3 is 0 Å². The zero-order valence-electron chi connectivity index (χ0n) is 17.8. The second-order valence-electron chi connectivity index (χ2n) is 6.44. The van der Waals surface area contributed by atoms with Gasteiger partial charge in [0.15, 0.2) is 5.96 Å². The van der Waals surface area contributed by atoms with Gasteiger partial charge in [0, 0.05) is 32.3 Å². The van der Waals surface area contributed by atoms with Gasteiger partial charge in [-0.2, -0.15) is 0 Å². The van der Waals surface area contributed by atoms with Crippen LogP contribution in [0, 0.1) is 0 Å². The zero-order chi connectivity index (χ0) is 19.9. The Kier molecular flexibility index (Phi) is 12.3. The maximum absolute atomic E-state index is 5.41. The molecule has 1 aromatic rings. The molecule has 0 aromatic heterocycles. The van der Waals surface area contributed by atoms with E-state index in [1.165, 1.54) is 0 Å². The monoisotopic (exact) mass is 378 g/mol. The van der Waals surface area contributed by atoms with Crippen LogP contribution in [0.3, 0.4) is 0 Å². The molecular weight excluding hydrogens is 340 g/mol. The molecular formula is C21H38N4O2. The van der Waals surface area contributed by atoms with Crippen molar-refractivity contribution in [1.29, 1.82) is 0 Å². The Labute approximate surface area is 165 Å². The molecule has 0 heterocycles. The van der Waals surface area contributed by atoms with Crippen molar-refractivity contribution < 1.29 is 9.47 Å². The van der Waals surface area contributed by atoms with Crippen LogP contribution in [0.5, 0.6) is 5.75 Å². The number of likely N-dealkylation sites (N-methyl/N-ethyl adjacent to an activating group) is 1. The third-order valence-electron chi connectivity index (χ3n) is 4.54. The fraction of sp³-hybridized carbons (Fsp3) is 0.667. The molecule has 6 nitrogen and oxygen atoms in total. The molecule has 1 unspecified atom stereocenters. The number of guanidine groups is 1. The molecule has 154 valence electrons. The molecule has 0 saturated carbocycles. The molecule has 0 spiro atoms. The second kappa shape index (κ2) is 14.3. The normalized spacial score (nSPS) is 12.9. The first-order valence-electron chi connectivity index (χ1n) is 10.1. The highest BCUT2D eigenvalue weighted by atomic mass is 16.5. The van der Waals surface area contributed by atoms with E-state index >= 15 is 0 Å². The van der Waals surface area contributed by atoms with E-state index in [1.54, 1.807) is 7.11 Å². The average molecular weight is 379 g/mol. The molecule has 0 bridgehead atoms. The van der Waals surface area contributed by atoms with E-state index < -0.39 is 0 Å². The molecule has 2 N–H and O–H groups in total. The molecule has 0 fully saturated rings. The largest absolute Gasteiger partial charge is 0.497 e. The van der Waals surface area contributed by atoms with Crippen LogP contribution < -0.4 is 15.4 Å². The minimum Gasteiger partial charge on any atom is -0.497 e. The highest BCUT2D eigenvalue weighted by molar-refractivity contribution is 5.79. The van der Waals surface area contributed by atoms with Crippen molar-refractivity contribution in [3.05, 3.63) is 29.8 Å². The molecule has 27 heavy (non-hydrogen) atoms. The van der Waals surface area contributed by atoms with Crippen molar-refractivity contribution in [3.8, 4) is 5.75 Å². The first-order valence-corrected chi connectivity index (χ1v) is 10.1. The quantitative estimate of drug-likeness (QED) is 0.314. The number of hydrogen-bond donors (Lipinski definition) is 2. The first-order chi connectivity index (χ1) is 13.1. The van der Waals surface area contributed by atoms with Crippen LogP contribution >= 0.6 is 0 Å². The Morgan fingerprint density at radius 1 is 1.11 bits per heavy atom. The van der Waals surface area contributed by atoms with Crippen LogP contribution in [0.2, 0.25) is 0 Å². The van der Waals surface area contributed by atoms with Crippen molar-refractivity contribution in [2.75, 3.05) is 46.5 Å². The summed E-state index contributed by atoms with van der Waals surface area (Å²) in [4.78, 5) is 7.18. The Balaban J connectivity index is 2.61. The van der Waals surface area contributed by atoms with E-state index in [0.29, 0.717) is 12.6 Å². The van der Waals surface area contributed by atoms with Gasteiger partial charge in [0.05, 0.1) is 13.7 Å². The van der Waals surface area contributed by atoms with Crippen LogP contribution in [0.4, 0.5) is 0 Å². The lowest BCUT2D eigenvalue weighted by Crippen LogP contribution is -2.46. The number of rotatable bonds is 13. The van der Waals surface area contributed by atoms with Gasteiger partial charge in [-0.25, -0.2) is 4.99 Å². The lowest BCUT2D eigenvalue weighted by atomic mass is 10.2. The van der Waals surface area contributed by atoms with Gasteiger partial charge in [-0.1, -0.05) is 26.0 Å². The second-order valence-corrected chi connectivity index (χ2v) is 6.44. The van der Waals surface area contributed by atoms with Gasteiger partial charge < -0.3 is 20.1 Å². The average Bonchev–Trinajstić information content (AvgIpc) is 2.70. The number of nitrogens with zero attached hydrogens (tertiary/aromatic N) is 2. The Hall–Kier alpha value is -1.79. The van der Waals surface area contributed by atoms with Gasteiger partial charge in [-0.3, -0.25) is 4.90 Å². The van der Waals surface area contributed by atoms with E-state index in [0.717, 1.165) is 63.1 Å². The van der Waals surface area contributed by atoms with Gasteiger partial charge in [0.25, 0.3) is 0 Å². The van der Waals surface area contributed by atoms with Gasteiger partial charge in [-0.15, -0.1) is 0 Å². The number of aliphatic imine (C=N–C) groups is 1. The smallest absolute Gasteiger partial charge is 0.191 e. The predicted molar refractivity (Wildman–Crippen MR) is 114 cm³/mol. The van der Waals surface area contributed by atoms with Crippen LogP contribution in [0.1, 0.15) is 39.7 Å². The summed E-state index contributed by atoms with van der Waals surface area (Å²) in [6.07, 6.45) is 0.961. The van der Waals surface area contributed by atoms with Gasteiger partial charge in [0.2, 0.25) is 0 Å². The third-order valence-corrected chi connectivity index (χ3v) is 4.54. The number of ether oxygens (including phenoxy) is 2. The number of hydrogen-bond acceptors (Lipinski definition) is 4. The summed E-state index contributed by atoms with van der Waals surface area (Å²) in [6.45, 7) is 14.6. The summed E-state index contributed by atoms with van der Waals surface area (Å²) in [5.74, 6) is 1.71. The number of nitrogens with one attached hydrogen (secondary N) is 2. The Bertz CT molecular complexity index is 515. The standard InChI is InChI=1S/C21H38N4O2/c1-6-25(7-2)18(4)16-23-21(22-14-9-15-27-8-3)24-17-19-10-12-20(26-5)13-11-19/h10-13,18H,6-9,14-17H2,1-5H3,(H2,22,23,24). The molecule has 1 rings (SSSR count). The Morgan fingerprint density at radius 3 is 2.41 bits per heavy atom. The van der Waals surface area contributed by atoms with Crippen LogP contribution in [-0.2, 0) is 11.3 Å². The van der Waals surface area contributed by atoms with Crippen molar-refractivity contribution >= 4 is 5.96 Å². The van der Waals surface area contributed by atoms with E-state index in [1.807, 2.05) is 31.2 Å². The molecule has 1 aromatic carbocycles. The van der Waals surface area contributed by atoms with Crippen LogP contribution in [-0.4, -0.2) is 63.4 Å². The molecule has 0 saturated heterocycles. The predicted octanol–water partition coefficient (Wildman–Crippen LogP) is 2.89. The summed E-state index contributed by atoms with van der Waals surface area (Å²) in [7, 11) is 1.68. The van der Waals surface area contributed by atoms with E-state index in [9.17, 15) is 0 Å². The molecule has 0 aliphatic carbocycles. The van der Waals surface area contributed by atoms with Crippen LogP contribution in [0.25, 0.3) is 0 Å². The van der Waals surface area contributed by atoms with E-state index in [2.05, 4.69) is 36.3 Å². The summed E-state index contributed by atoms with van der Waals surface area (Å²) in [6, 6.07) is 8.49. The zero-order valence-corrected chi connectivity index (χ0v) is 17.8. The van der Waals surface area contributed by atoms with Crippen molar-refractivity contribution in [1.82, 2.24) is 15.5 Å². The minimum absolute atomic E-state index is 0.455. The van der Waals surface area contributed by atoms with Gasteiger partial charge in [-0.05, 0) is 51.1 Å². The summed E-state index contributed by atoms with van der Waals surface area (Å²) in [5.41, 5.74) is 1.16. The SMILES string of the molecule is CCOCCCNC(=NCc1ccc(OC)cc1)NCC(C)N(CC)CC. The third kappa shape index (κ3) is 9.63. The maximum Gasteiger partial charge on any atom is 0.191 e. The highest BCUT2D eigenvalue weighted by Gasteiger charge is 2.10. The Morgan fingerprint density at radius 2 is 1.81 bits per heavy atom. The molecule has 0 radical (unpaired) electrons. The summed E-state index contributed by atoms with van der Waals surface area (Å²) >= 11 is 0. The minimum atomic E-state index is 0.455. The van der Waals surface area contributed by atoms with Crippen molar-refractivity contribution in [3.63, 3.8) is 0 Å². The fourth-order valence-electron chi connectivity index (χ4n) is 2.82. The topological polar surface area (TPSA) is 58.1 Å². The van der Waals surface area contributed by atoms with Crippen LogP contribution in [0.15, 0.2) is 29.3 Å². The number of benzene rings is 1. The van der Waals surface area contributed by atoms with E-state index in [-0.39, 0.29) is 0 Å². The lowest BCUT2D eigenvalue weighted by Gasteiger charge is -2.27. The molecule has 1 atom stereocenters. The van der Waals surface area contributed by atoms with Crippen molar-refractivity contribution in [2.45, 2.75) is 46.7 Å². The maximum atomic E-state index is 5.41. The fourth-order valence-corrected chi connectivity index (χ4v) is 2.82. The molecule has 0 aliphatic heterocycles. The number of methoxy groups -OCH3 is 1. The van der Waals surface area contributed by atoms with Gasteiger partial charge in [0.1, 0.15) is 5.75 Å². The first kappa shape index (κ1) is 23.2. The lowest BCUT2D eigenvalue weighted by molar-refractivity contribution is 0.145. The summed E-state index contributed by atoms with van der Waals surface area (Å²) in [5, 5.41) is 6.90. The molecule has 6 heteroatoms. The highest BCUT2D eigenvalue weighted by Crippen LogP contribution is 2.11. The van der Waals surface area contributed by atoms with E-state index in [4.69, 9.17) is 14.5 Å². The molecule has 0 amide bonds.